The Bertz CT molecular complexity index is 3230. The minimum Gasteiger partial charge on any atom is -0.309 e. The first-order chi connectivity index (χ1) is 27.7. The molecule has 0 aliphatic heterocycles. The van der Waals surface area contributed by atoms with Crippen LogP contribution < -0.4 is 0 Å². The van der Waals surface area contributed by atoms with Crippen LogP contribution in [-0.4, -0.2) is 19.5 Å². The number of hydrogen-bond donors (Lipinski definition) is 0. The fraction of sp³-hybridized carbons (Fsp3) is 0.113. The molecule has 8 aromatic carbocycles. The molecule has 0 atom stereocenters. The molecule has 10 aromatic rings. The van der Waals surface area contributed by atoms with Crippen LogP contribution in [0.3, 0.4) is 0 Å². The van der Waals surface area contributed by atoms with Gasteiger partial charge in [0.05, 0.1) is 11.0 Å². The van der Waals surface area contributed by atoms with Crippen LogP contribution in [0.2, 0.25) is 0 Å². The Morgan fingerprint density at radius 3 is 1.58 bits per heavy atom. The molecule has 0 saturated heterocycles. The lowest BCUT2D eigenvalue weighted by Crippen LogP contribution is -2.43. The molecular formula is C53H40N4. The highest BCUT2D eigenvalue weighted by Gasteiger charge is 2.46. The average molecular weight is 733 g/mol. The van der Waals surface area contributed by atoms with Crippen LogP contribution in [0.15, 0.2) is 170 Å². The van der Waals surface area contributed by atoms with Crippen molar-refractivity contribution in [1.29, 1.82) is 0 Å². The molecule has 0 unspecified atom stereocenters. The van der Waals surface area contributed by atoms with E-state index in [0.717, 1.165) is 27.8 Å². The summed E-state index contributed by atoms with van der Waals surface area (Å²) in [5, 5.41) is 7.41. The molecule has 1 aliphatic carbocycles. The van der Waals surface area contributed by atoms with E-state index >= 15 is 0 Å². The van der Waals surface area contributed by atoms with Crippen LogP contribution in [-0.2, 0) is 10.8 Å². The van der Waals surface area contributed by atoms with E-state index in [1.165, 1.54) is 60.2 Å². The molecule has 2 aromatic heterocycles. The van der Waals surface area contributed by atoms with Gasteiger partial charge in [-0.25, -0.2) is 15.0 Å². The zero-order valence-corrected chi connectivity index (χ0v) is 32.5. The largest absolute Gasteiger partial charge is 0.309 e. The maximum Gasteiger partial charge on any atom is 0.164 e. The van der Waals surface area contributed by atoms with Crippen LogP contribution in [0, 0.1) is 0 Å². The predicted molar refractivity (Wildman–Crippen MR) is 237 cm³/mol. The quantitative estimate of drug-likeness (QED) is 0.181. The summed E-state index contributed by atoms with van der Waals surface area (Å²) in [6.45, 7) is 9.67. The van der Waals surface area contributed by atoms with Crippen molar-refractivity contribution in [3.8, 4) is 51.0 Å². The third-order valence-electron chi connectivity index (χ3n) is 13.0. The van der Waals surface area contributed by atoms with Gasteiger partial charge in [0.1, 0.15) is 0 Å². The highest BCUT2D eigenvalue weighted by molar-refractivity contribution is 6.11. The van der Waals surface area contributed by atoms with Gasteiger partial charge >= 0.3 is 0 Å². The number of hydrogen-bond acceptors (Lipinski definition) is 3. The van der Waals surface area contributed by atoms with E-state index in [1.807, 2.05) is 18.2 Å². The molecule has 0 amide bonds. The summed E-state index contributed by atoms with van der Waals surface area (Å²) in [6.07, 6.45) is 0. The molecule has 0 bridgehead atoms. The molecule has 0 saturated carbocycles. The third kappa shape index (κ3) is 5.10. The Hall–Kier alpha value is -6.91. The Morgan fingerprint density at radius 2 is 0.877 bits per heavy atom. The summed E-state index contributed by atoms with van der Waals surface area (Å²) < 4.78 is 2.43. The molecule has 0 spiro atoms. The van der Waals surface area contributed by atoms with E-state index in [2.05, 4.69) is 184 Å². The van der Waals surface area contributed by atoms with Gasteiger partial charge in [-0.2, -0.15) is 0 Å². The van der Waals surface area contributed by atoms with Crippen LogP contribution in [0.5, 0.6) is 0 Å². The van der Waals surface area contributed by atoms with Gasteiger partial charge in [-0.3, -0.25) is 0 Å². The summed E-state index contributed by atoms with van der Waals surface area (Å²) >= 11 is 0. The molecule has 4 heteroatoms. The zero-order chi connectivity index (χ0) is 38.5. The molecule has 0 fully saturated rings. The second kappa shape index (κ2) is 12.3. The van der Waals surface area contributed by atoms with Crippen LogP contribution in [0.25, 0.3) is 94.3 Å². The van der Waals surface area contributed by atoms with Crippen LogP contribution >= 0.6 is 0 Å². The third-order valence-corrected chi connectivity index (χ3v) is 13.0. The highest BCUT2D eigenvalue weighted by Crippen LogP contribution is 2.56. The lowest BCUT2D eigenvalue weighted by atomic mass is 9.55. The average Bonchev–Trinajstić information content (AvgIpc) is 3.58. The molecule has 0 radical (unpaired) electrons. The van der Waals surface area contributed by atoms with Gasteiger partial charge in [-0.15, -0.1) is 0 Å². The molecule has 1 aliphatic rings. The monoisotopic (exact) mass is 732 g/mol. The standard InChI is InChI=1S/C53H40N4/c1-52(2)45-30-38-19-11-10-18-37(38)29-42(45)43-31-44-41-20-12-13-21-47(41)57(48(44)32-46(43)53(52,3)4)40-26-24-35(25-27-40)50-54-49(34-15-6-5-7-16-34)55-51(56-50)39-23-22-33-14-8-9-17-36(33)28-39/h5-32H,1-4H3. The van der Waals surface area contributed by atoms with Gasteiger partial charge in [-0.1, -0.05) is 137 Å². The minimum atomic E-state index is -0.130. The van der Waals surface area contributed by atoms with Gasteiger partial charge in [0.25, 0.3) is 0 Å². The fourth-order valence-electron chi connectivity index (χ4n) is 9.13. The van der Waals surface area contributed by atoms with Gasteiger partial charge in [-0.05, 0) is 115 Å². The number of fused-ring (bicyclic) bond motifs is 8. The van der Waals surface area contributed by atoms with Crippen molar-refractivity contribution in [3.63, 3.8) is 0 Å². The maximum atomic E-state index is 5.08. The first-order valence-electron chi connectivity index (χ1n) is 19.8. The molecule has 4 nitrogen and oxygen atoms in total. The van der Waals surface area contributed by atoms with Gasteiger partial charge in [0.15, 0.2) is 17.5 Å². The van der Waals surface area contributed by atoms with Crippen molar-refractivity contribution in [2.24, 2.45) is 0 Å². The number of rotatable bonds is 4. The summed E-state index contributed by atoms with van der Waals surface area (Å²) in [4.78, 5) is 15.1. The van der Waals surface area contributed by atoms with Crippen molar-refractivity contribution >= 4 is 43.4 Å². The van der Waals surface area contributed by atoms with Crippen molar-refractivity contribution in [1.82, 2.24) is 19.5 Å². The first kappa shape index (κ1) is 33.4. The van der Waals surface area contributed by atoms with Gasteiger partial charge in [0, 0.05) is 33.2 Å². The van der Waals surface area contributed by atoms with E-state index in [1.54, 1.807) is 0 Å². The molecule has 0 N–H and O–H groups in total. The summed E-state index contributed by atoms with van der Waals surface area (Å²) in [7, 11) is 0. The van der Waals surface area contributed by atoms with Crippen molar-refractivity contribution < 1.29 is 0 Å². The van der Waals surface area contributed by atoms with E-state index < -0.39 is 0 Å². The fourth-order valence-corrected chi connectivity index (χ4v) is 9.13. The maximum absolute atomic E-state index is 5.08. The lowest BCUT2D eigenvalue weighted by Gasteiger charge is -2.48. The summed E-state index contributed by atoms with van der Waals surface area (Å²) in [5.41, 5.74) is 11.6. The topological polar surface area (TPSA) is 43.6 Å². The van der Waals surface area contributed by atoms with E-state index in [9.17, 15) is 0 Å². The van der Waals surface area contributed by atoms with E-state index in [-0.39, 0.29) is 10.8 Å². The predicted octanol–water partition coefficient (Wildman–Crippen LogP) is 13.5. The summed E-state index contributed by atoms with van der Waals surface area (Å²) in [5.74, 6) is 1.95. The molecular weight excluding hydrogens is 693 g/mol. The van der Waals surface area contributed by atoms with E-state index in [4.69, 9.17) is 15.0 Å². The molecule has 272 valence electrons. The number of nitrogens with zero attached hydrogens (tertiary/aromatic N) is 4. The van der Waals surface area contributed by atoms with Gasteiger partial charge in [0.2, 0.25) is 0 Å². The van der Waals surface area contributed by atoms with Crippen LogP contribution in [0.4, 0.5) is 0 Å². The normalized spacial score (nSPS) is 14.2. The molecule has 11 rings (SSSR count). The van der Waals surface area contributed by atoms with Crippen molar-refractivity contribution in [2.45, 2.75) is 38.5 Å². The van der Waals surface area contributed by atoms with Gasteiger partial charge < -0.3 is 4.57 Å². The van der Waals surface area contributed by atoms with Crippen molar-refractivity contribution in [3.05, 3.63) is 181 Å². The first-order valence-corrected chi connectivity index (χ1v) is 19.8. The van der Waals surface area contributed by atoms with Crippen LogP contribution in [0.1, 0.15) is 38.8 Å². The Balaban J connectivity index is 1.08. The highest BCUT2D eigenvalue weighted by atomic mass is 15.0. The minimum absolute atomic E-state index is 0.0968. The Morgan fingerprint density at radius 1 is 0.368 bits per heavy atom. The molecule has 2 heterocycles. The Kier molecular flexibility index (Phi) is 7.21. The second-order valence-corrected chi connectivity index (χ2v) is 16.5. The number of para-hydroxylation sites is 1. The molecule has 57 heavy (non-hydrogen) atoms. The SMILES string of the molecule is CC1(C)c2cc3ccccc3cc2-c2cc3c4ccccc4n(-c4ccc(-c5nc(-c6ccccc6)nc(-c6ccc7ccccc7c6)n5)cc4)c3cc2C1(C)C. The van der Waals surface area contributed by atoms with Crippen molar-refractivity contribution in [2.75, 3.05) is 0 Å². The summed E-state index contributed by atoms with van der Waals surface area (Å²) in [6, 6.07) is 61.0. The lowest BCUT2D eigenvalue weighted by molar-refractivity contribution is 0.299. The smallest absolute Gasteiger partial charge is 0.164 e. The second-order valence-electron chi connectivity index (χ2n) is 16.5. The number of benzene rings is 8. The zero-order valence-electron chi connectivity index (χ0n) is 32.5. The number of aromatic nitrogens is 4. The van der Waals surface area contributed by atoms with E-state index in [0.29, 0.717) is 17.5 Å². The Labute approximate surface area is 332 Å².